The van der Waals surface area contributed by atoms with Crippen LogP contribution in [0.2, 0.25) is 0 Å². The normalized spacial score (nSPS) is 14.3. The van der Waals surface area contributed by atoms with E-state index >= 15 is 0 Å². The average Bonchev–Trinajstić information content (AvgIpc) is 3.10. The molecule has 2 aromatic heterocycles. The summed E-state index contributed by atoms with van der Waals surface area (Å²) in [5, 5.41) is 4.56. The minimum Gasteiger partial charge on any atom is -0.378 e. The van der Waals surface area contributed by atoms with Gasteiger partial charge in [0.15, 0.2) is 0 Å². The van der Waals surface area contributed by atoms with Gasteiger partial charge in [-0.25, -0.2) is 4.98 Å². The van der Waals surface area contributed by atoms with Gasteiger partial charge in [-0.15, -0.1) is 12.4 Å². The van der Waals surface area contributed by atoms with Crippen LogP contribution in [0.1, 0.15) is 19.0 Å². The smallest absolute Gasteiger partial charge is 0.229 e. The number of hydrogen-bond donors (Lipinski definition) is 2. The van der Waals surface area contributed by atoms with Crippen molar-refractivity contribution in [1.29, 1.82) is 0 Å². The molecule has 1 fully saturated rings. The Morgan fingerprint density at radius 3 is 2.81 bits per heavy atom. The topological polar surface area (TPSA) is 66.1 Å². The number of anilines is 3. The molecule has 3 heterocycles. The SMILES string of the molecule is CCCc1cc(N2CCOCC2)nc(Nc2ccc3cc[nH]c3c2)n1.Cl. The van der Waals surface area contributed by atoms with E-state index in [9.17, 15) is 0 Å². The van der Waals surface area contributed by atoms with Crippen LogP contribution in [-0.2, 0) is 11.2 Å². The van der Waals surface area contributed by atoms with Gasteiger partial charge in [0.1, 0.15) is 5.82 Å². The number of aromatic amines is 1. The van der Waals surface area contributed by atoms with Crippen LogP contribution in [-0.4, -0.2) is 41.3 Å². The molecule has 1 saturated heterocycles. The van der Waals surface area contributed by atoms with Crippen molar-refractivity contribution in [1.82, 2.24) is 15.0 Å². The Kier molecular flexibility index (Phi) is 5.96. The van der Waals surface area contributed by atoms with Gasteiger partial charge in [0.25, 0.3) is 0 Å². The summed E-state index contributed by atoms with van der Waals surface area (Å²) in [5.41, 5.74) is 3.15. The molecule has 0 atom stereocenters. The number of aromatic nitrogens is 3. The van der Waals surface area contributed by atoms with Crippen LogP contribution >= 0.6 is 12.4 Å². The quantitative estimate of drug-likeness (QED) is 0.709. The zero-order chi connectivity index (χ0) is 17.1. The maximum Gasteiger partial charge on any atom is 0.229 e. The van der Waals surface area contributed by atoms with E-state index < -0.39 is 0 Å². The number of halogens is 1. The molecule has 7 heteroatoms. The van der Waals surface area contributed by atoms with Gasteiger partial charge in [0, 0.05) is 42.3 Å². The van der Waals surface area contributed by atoms with Crippen molar-refractivity contribution in [3.63, 3.8) is 0 Å². The third-order valence-corrected chi connectivity index (χ3v) is 4.42. The lowest BCUT2D eigenvalue weighted by Gasteiger charge is -2.28. The van der Waals surface area contributed by atoms with Gasteiger partial charge in [-0.1, -0.05) is 19.4 Å². The second-order valence-corrected chi connectivity index (χ2v) is 6.30. The first-order valence-electron chi connectivity index (χ1n) is 8.86. The highest BCUT2D eigenvalue weighted by molar-refractivity contribution is 5.85. The van der Waals surface area contributed by atoms with Crippen molar-refractivity contribution in [2.24, 2.45) is 0 Å². The number of rotatable bonds is 5. The second kappa shape index (κ2) is 8.38. The Labute approximate surface area is 159 Å². The summed E-state index contributed by atoms with van der Waals surface area (Å²) in [6.07, 6.45) is 3.96. The van der Waals surface area contributed by atoms with E-state index in [-0.39, 0.29) is 12.4 Å². The number of H-pyrrole nitrogens is 1. The number of morpholine rings is 1. The molecule has 6 nitrogen and oxygen atoms in total. The van der Waals surface area contributed by atoms with Crippen LogP contribution < -0.4 is 10.2 Å². The summed E-state index contributed by atoms with van der Waals surface area (Å²) >= 11 is 0. The Morgan fingerprint density at radius 1 is 1.15 bits per heavy atom. The number of hydrogen-bond acceptors (Lipinski definition) is 5. The van der Waals surface area contributed by atoms with Crippen molar-refractivity contribution >= 4 is 40.8 Å². The molecule has 0 radical (unpaired) electrons. The molecule has 2 N–H and O–H groups in total. The first-order valence-corrected chi connectivity index (χ1v) is 8.86. The van der Waals surface area contributed by atoms with Crippen LogP contribution in [0.4, 0.5) is 17.5 Å². The second-order valence-electron chi connectivity index (χ2n) is 6.30. The van der Waals surface area contributed by atoms with E-state index in [2.05, 4.69) is 52.5 Å². The Hall–Kier alpha value is -2.31. The molecule has 138 valence electrons. The van der Waals surface area contributed by atoms with Crippen molar-refractivity contribution in [3.05, 3.63) is 42.2 Å². The summed E-state index contributed by atoms with van der Waals surface area (Å²) in [4.78, 5) is 14.9. The molecule has 0 unspecified atom stereocenters. The predicted molar refractivity (Wildman–Crippen MR) is 108 cm³/mol. The fourth-order valence-corrected chi connectivity index (χ4v) is 3.13. The molecule has 0 aliphatic carbocycles. The third kappa shape index (κ3) is 4.08. The predicted octanol–water partition coefficient (Wildman–Crippen LogP) is 3.91. The number of benzene rings is 1. The summed E-state index contributed by atoms with van der Waals surface area (Å²) in [6, 6.07) is 10.4. The van der Waals surface area contributed by atoms with E-state index in [1.807, 2.05) is 6.20 Å². The molecule has 0 spiro atoms. The number of aryl methyl sites for hydroxylation is 1. The summed E-state index contributed by atoms with van der Waals surface area (Å²) < 4.78 is 5.45. The molecule has 0 bridgehead atoms. The van der Waals surface area contributed by atoms with Crippen molar-refractivity contribution in [2.75, 3.05) is 36.5 Å². The van der Waals surface area contributed by atoms with Gasteiger partial charge in [-0.3, -0.25) is 0 Å². The fourth-order valence-electron chi connectivity index (χ4n) is 3.13. The zero-order valence-electron chi connectivity index (χ0n) is 14.9. The minimum atomic E-state index is 0. The lowest BCUT2D eigenvalue weighted by molar-refractivity contribution is 0.122. The maximum absolute atomic E-state index is 5.45. The highest BCUT2D eigenvalue weighted by Gasteiger charge is 2.15. The van der Waals surface area contributed by atoms with Gasteiger partial charge >= 0.3 is 0 Å². The Morgan fingerprint density at radius 2 is 2.00 bits per heavy atom. The molecule has 26 heavy (non-hydrogen) atoms. The lowest BCUT2D eigenvalue weighted by Crippen LogP contribution is -2.37. The molecular formula is C19H24ClN5O. The maximum atomic E-state index is 5.45. The molecule has 0 saturated carbocycles. The van der Waals surface area contributed by atoms with E-state index in [1.54, 1.807) is 0 Å². The van der Waals surface area contributed by atoms with Gasteiger partial charge < -0.3 is 19.9 Å². The average molecular weight is 374 g/mol. The van der Waals surface area contributed by atoms with Gasteiger partial charge in [0.05, 0.1) is 13.2 Å². The first-order chi connectivity index (χ1) is 12.3. The van der Waals surface area contributed by atoms with Crippen molar-refractivity contribution in [2.45, 2.75) is 19.8 Å². The molecular weight excluding hydrogens is 350 g/mol. The van der Waals surface area contributed by atoms with Crippen LogP contribution in [0.5, 0.6) is 0 Å². The summed E-state index contributed by atoms with van der Waals surface area (Å²) in [5.74, 6) is 1.63. The van der Waals surface area contributed by atoms with E-state index in [4.69, 9.17) is 14.7 Å². The Balaban J connectivity index is 0.00000196. The molecule has 1 aliphatic heterocycles. The standard InChI is InChI=1S/C19H23N5O.ClH/c1-2-3-15-13-18(24-8-10-25-11-9-24)23-19(21-15)22-16-5-4-14-6-7-20-17(14)12-16;/h4-7,12-13,20H,2-3,8-11H2,1H3,(H,21,22,23);1H. The van der Waals surface area contributed by atoms with Crippen LogP contribution in [0, 0.1) is 0 Å². The summed E-state index contributed by atoms with van der Waals surface area (Å²) in [7, 11) is 0. The third-order valence-electron chi connectivity index (χ3n) is 4.42. The lowest BCUT2D eigenvalue weighted by atomic mass is 10.2. The van der Waals surface area contributed by atoms with E-state index in [0.29, 0.717) is 5.95 Å². The molecule has 4 rings (SSSR count). The molecule has 0 amide bonds. The molecule has 1 aromatic carbocycles. The highest BCUT2D eigenvalue weighted by Crippen LogP contribution is 2.23. The van der Waals surface area contributed by atoms with Crippen LogP contribution in [0.15, 0.2) is 36.5 Å². The van der Waals surface area contributed by atoms with Gasteiger partial charge in [-0.05, 0) is 30.0 Å². The Bertz CT molecular complexity index is 860. The van der Waals surface area contributed by atoms with E-state index in [0.717, 1.165) is 61.9 Å². The zero-order valence-corrected chi connectivity index (χ0v) is 15.7. The summed E-state index contributed by atoms with van der Waals surface area (Å²) in [6.45, 7) is 5.41. The highest BCUT2D eigenvalue weighted by atomic mass is 35.5. The fraction of sp³-hybridized carbons (Fsp3) is 0.368. The van der Waals surface area contributed by atoms with Crippen molar-refractivity contribution < 1.29 is 4.74 Å². The van der Waals surface area contributed by atoms with Gasteiger partial charge in [-0.2, -0.15) is 4.98 Å². The molecule has 1 aliphatic rings. The number of ether oxygens (including phenoxy) is 1. The van der Waals surface area contributed by atoms with Gasteiger partial charge in [0.2, 0.25) is 5.95 Å². The number of nitrogens with one attached hydrogen (secondary N) is 2. The first kappa shape index (κ1) is 18.5. The molecule has 3 aromatic rings. The number of nitrogens with zero attached hydrogens (tertiary/aromatic N) is 3. The minimum absolute atomic E-state index is 0. The monoisotopic (exact) mass is 373 g/mol. The van der Waals surface area contributed by atoms with Crippen molar-refractivity contribution in [3.8, 4) is 0 Å². The largest absolute Gasteiger partial charge is 0.378 e. The number of fused-ring (bicyclic) bond motifs is 1. The van der Waals surface area contributed by atoms with Crippen LogP contribution in [0.3, 0.4) is 0 Å². The van der Waals surface area contributed by atoms with E-state index in [1.165, 1.54) is 5.39 Å². The van der Waals surface area contributed by atoms with Crippen LogP contribution in [0.25, 0.3) is 10.9 Å².